The van der Waals surface area contributed by atoms with E-state index in [4.69, 9.17) is 10.8 Å². The van der Waals surface area contributed by atoms with Crippen molar-refractivity contribution in [2.75, 3.05) is 11.1 Å². The van der Waals surface area contributed by atoms with Gasteiger partial charge in [0.2, 0.25) is 5.91 Å². The van der Waals surface area contributed by atoms with Crippen molar-refractivity contribution in [3.63, 3.8) is 0 Å². The Balaban J connectivity index is 1.68. The summed E-state index contributed by atoms with van der Waals surface area (Å²) in [6.07, 6.45) is 6.45. The van der Waals surface area contributed by atoms with Crippen LogP contribution in [0.2, 0.25) is 0 Å². The third-order valence-corrected chi connectivity index (χ3v) is 5.19. The number of nitrogen functional groups attached to an aromatic ring is 1. The zero-order chi connectivity index (χ0) is 21.9. The van der Waals surface area contributed by atoms with E-state index in [1.54, 1.807) is 13.8 Å². The number of amides is 2. The fourth-order valence-electron chi connectivity index (χ4n) is 3.75. The highest BCUT2D eigenvalue weighted by Crippen LogP contribution is 2.26. The average molecular weight is 410 g/mol. The summed E-state index contributed by atoms with van der Waals surface area (Å²) in [5.41, 5.74) is 7.81. The summed E-state index contributed by atoms with van der Waals surface area (Å²) in [5, 5.41) is 14.6. The molecule has 158 valence electrons. The summed E-state index contributed by atoms with van der Waals surface area (Å²) >= 11 is 0. The van der Waals surface area contributed by atoms with Gasteiger partial charge in [-0.05, 0) is 56.7 Å². The van der Waals surface area contributed by atoms with Gasteiger partial charge in [-0.2, -0.15) is 0 Å². The topological polar surface area (TPSA) is 134 Å². The van der Waals surface area contributed by atoms with Gasteiger partial charge in [0, 0.05) is 23.7 Å². The number of nitrogens with zero attached hydrogens (tertiary/aromatic N) is 1. The van der Waals surface area contributed by atoms with Gasteiger partial charge < -0.3 is 21.5 Å². The smallest absolute Gasteiger partial charge is 0.339 e. The first kappa shape index (κ1) is 21.3. The third-order valence-electron chi connectivity index (χ3n) is 5.19. The van der Waals surface area contributed by atoms with Crippen molar-refractivity contribution < 1.29 is 19.5 Å². The molecule has 0 unspecified atom stereocenters. The first-order valence-electron chi connectivity index (χ1n) is 9.88. The SMILES string of the molecule is CC(C)(CC(=O)Nc1cncc(C(=O)O)c1N)NC(=O)c1cccc2c1CCCC2. The number of benzene rings is 1. The van der Waals surface area contributed by atoms with Crippen molar-refractivity contribution >= 4 is 29.2 Å². The Morgan fingerprint density at radius 3 is 2.60 bits per heavy atom. The highest BCUT2D eigenvalue weighted by Gasteiger charge is 2.27. The second kappa shape index (κ2) is 8.52. The van der Waals surface area contributed by atoms with Gasteiger partial charge in [-0.3, -0.25) is 14.6 Å². The number of anilines is 2. The lowest BCUT2D eigenvalue weighted by Crippen LogP contribution is -2.46. The first-order valence-corrected chi connectivity index (χ1v) is 9.88. The molecule has 8 nitrogen and oxygen atoms in total. The van der Waals surface area contributed by atoms with E-state index in [1.807, 2.05) is 12.1 Å². The number of pyridine rings is 1. The molecule has 1 heterocycles. The molecule has 0 bridgehead atoms. The van der Waals surface area contributed by atoms with Crippen molar-refractivity contribution in [3.05, 3.63) is 52.8 Å². The molecule has 1 aromatic heterocycles. The van der Waals surface area contributed by atoms with Crippen LogP contribution in [0.3, 0.4) is 0 Å². The highest BCUT2D eigenvalue weighted by atomic mass is 16.4. The van der Waals surface area contributed by atoms with E-state index in [0.29, 0.717) is 5.56 Å². The van der Waals surface area contributed by atoms with Crippen LogP contribution in [0.5, 0.6) is 0 Å². The molecule has 1 aromatic carbocycles. The average Bonchev–Trinajstić information content (AvgIpc) is 2.68. The Morgan fingerprint density at radius 1 is 1.13 bits per heavy atom. The number of aromatic nitrogens is 1. The van der Waals surface area contributed by atoms with Gasteiger partial charge in [-0.1, -0.05) is 12.1 Å². The van der Waals surface area contributed by atoms with Gasteiger partial charge in [0.05, 0.1) is 17.6 Å². The third kappa shape index (κ3) is 4.76. The summed E-state index contributed by atoms with van der Waals surface area (Å²) in [7, 11) is 0. The Hall–Kier alpha value is -3.42. The molecule has 3 rings (SSSR count). The number of nitrogens with one attached hydrogen (secondary N) is 2. The molecule has 0 radical (unpaired) electrons. The molecule has 0 spiro atoms. The molecule has 2 amide bonds. The van der Waals surface area contributed by atoms with Crippen LogP contribution >= 0.6 is 0 Å². The number of carbonyl (C=O) groups is 3. The number of hydrogen-bond donors (Lipinski definition) is 4. The largest absolute Gasteiger partial charge is 0.478 e. The van der Waals surface area contributed by atoms with E-state index >= 15 is 0 Å². The van der Waals surface area contributed by atoms with E-state index < -0.39 is 17.4 Å². The molecule has 1 aliphatic carbocycles. The van der Waals surface area contributed by atoms with E-state index in [0.717, 1.165) is 37.4 Å². The fraction of sp³-hybridized carbons (Fsp3) is 0.364. The predicted molar refractivity (Wildman–Crippen MR) is 113 cm³/mol. The monoisotopic (exact) mass is 410 g/mol. The summed E-state index contributed by atoms with van der Waals surface area (Å²) in [5.74, 6) is -1.85. The zero-order valence-electron chi connectivity index (χ0n) is 17.1. The summed E-state index contributed by atoms with van der Waals surface area (Å²) in [4.78, 5) is 40.4. The number of nitrogens with two attached hydrogens (primary N) is 1. The predicted octanol–water partition coefficient (Wildman–Crippen LogP) is 2.78. The number of fused-ring (bicyclic) bond motifs is 1. The van der Waals surface area contributed by atoms with Crippen LogP contribution in [-0.4, -0.2) is 33.4 Å². The van der Waals surface area contributed by atoms with Crippen LogP contribution in [0.1, 0.15) is 65.0 Å². The molecular formula is C22H26N4O4. The summed E-state index contributed by atoms with van der Waals surface area (Å²) in [6.45, 7) is 3.52. The number of carboxylic acids is 1. The van der Waals surface area contributed by atoms with Crippen LogP contribution in [0.4, 0.5) is 11.4 Å². The van der Waals surface area contributed by atoms with E-state index in [2.05, 4.69) is 21.7 Å². The quantitative estimate of drug-likeness (QED) is 0.578. The normalized spacial score (nSPS) is 13.3. The molecule has 0 saturated heterocycles. The molecule has 1 aliphatic rings. The van der Waals surface area contributed by atoms with Crippen LogP contribution < -0.4 is 16.4 Å². The molecule has 2 aromatic rings. The van der Waals surface area contributed by atoms with Crippen molar-refractivity contribution in [3.8, 4) is 0 Å². The van der Waals surface area contributed by atoms with Crippen LogP contribution in [0.15, 0.2) is 30.6 Å². The van der Waals surface area contributed by atoms with E-state index in [1.165, 1.54) is 11.8 Å². The summed E-state index contributed by atoms with van der Waals surface area (Å²) < 4.78 is 0. The van der Waals surface area contributed by atoms with Crippen molar-refractivity contribution in [1.82, 2.24) is 10.3 Å². The van der Waals surface area contributed by atoms with Gasteiger partial charge in [0.25, 0.3) is 5.91 Å². The Bertz CT molecular complexity index is 1000. The Labute approximate surface area is 174 Å². The first-order chi connectivity index (χ1) is 14.2. The van der Waals surface area contributed by atoms with Crippen LogP contribution in [0, 0.1) is 0 Å². The van der Waals surface area contributed by atoms with E-state index in [9.17, 15) is 14.4 Å². The van der Waals surface area contributed by atoms with Crippen molar-refractivity contribution in [1.29, 1.82) is 0 Å². The maximum Gasteiger partial charge on any atom is 0.339 e. The van der Waals surface area contributed by atoms with Crippen LogP contribution in [-0.2, 0) is 17.6 Å². The molecule has 0 atom stereocenters. The second-order valence-corrected chi connectivity index (χ2v) is 8.17. The van der Waals surface area contributed by atoms with E-state index in [-0.39, 0.29) is 29.3 Å². The molecule has 0 aliphatic heterocycles. The second-order valence-electron chi connectivity index (χ2n) is 8.17. The maximum atomic E-state index is 12.9. The number of hydrogen-bond acceptors (Lipinski definition) is 5. The van der Waals surface area contributed by atoms with Crippen LogP contribution in [0.25, 0.3) is 0 Å². The van der Waals surface area contributed by atoms with Crippen molar-refractivity contribution in [2.45, 2.75) is 51.5 Å². The number of rotatable bonds is 6. The lowest BCUT2D eigenvalue weighted by Gasteiger charge is -2.27. The number of carboxylic acid groups (broad SMARTS) is 1. The Kier molecular flexibility index (Phi) is 6.05. The maximum absolute atomic E-state index is 12.9. The summed E-state index contributed by atoms with van der Waals surface area (Å²) in [6, 6.07) is 5.77. The number of carbonyl (C=O) groups excluding carboxylic acids is 2. The molecule has 5 N–H and O–H groups in total. The Morgan fingerprint density at radius 2 is 1.87 bits per heavy atom. The molecule has 0 saturated carbocycles. The number of aromatic carboxylic acids is 1. The molecule has 30 heavy (non-hydrogen) atoms. The van der Waals surface area contributed by atoms with Gasteiger partial charge in [-0.15, -0.1) is 0 Å². The molecule has 0 fully saturated rings. The number of aryl methyl sites for hydroxylation is 1. The van der Waals surface area contributed by atoms with Gasteiger partial charge in [0.15, 0.2) is 0 Å². The standard InChI is InChI=1S/C22H26N4O4/c1-22(2,10-18(27)25-17-12-24-11-16(19(17)23)21(29)30)26-20(28)15-9-5-7-13-6-3-4-8-14(13)15/h5,7,9,11-12H,3-4,6,8,10H2,1-2H3,(H2,23,24)(H,25,27)(H,26,28)(H,29,30). The fourth-order valence-corrected chi connectivity index (χ4v) is 3.75. The minimum Gasteiger partial charge on any atom is -0.478 e. The minimum atomic E-state index is -1.23. The van der Waals surface area contributed by atoms with Gasteiger partial charge >= 0.3 is 5.97 Å². The van der Waals surface area contributed by atoms with Crippen molar-refractivity contribution in [2.24, 2.45) is 0 Å². The minimum absolute atomic E-state index is 0.0233. The lowest BCUT2D eigenvalue weighted by molar-refractivity contribution is -0.117. The highest BCUT2D eigenvalue weighted by molar-refractivity contribution is 6.01. The lowest BCUT2D eigenvalue weighted by atomic mass is 9.87. The van der Waals surface area contributed by atoms with Gasteiger partial charge in [-0.25, -0.2) is 4.79 Å². The molecular weight excluding hydrogens is 384 g/mol. The van der Waals surface area contributed by atoms with Gasteiger partial charge in [0.1, 0.15) is 5.56 Å². The molecule has 8 heteroatoms. The zero-order valence-corrected chi connectivity index (χ0v) is 17.1.